The predicted octanol–water partition coefficient (Wildman–Crippen LogP) is 3.31. The average Bonchev–Trinajstić information content (AvgIpc) is 2.68. The smallest absolute Gasteiger partial charge is 0.251 e. The van der Waals surface area contributed by atoms with Crippen molar-refractivity contribution in [3.8, 4) is 5.75 Å². The maximum atomic E-state index is 12.5. The summed E-state index contributed by atoms with van der Waals surface area (Å²) in [5, 5.41) is 5.59. The molecule has 2 amide bonds. The van der Waals surface area contributed by atoms with Gasteiger partial charge in [0.15, 0.2) is 0 Å². The lowest BCUT2D eigenvalue weighted by molar-refractivity contribution is -0.123. The summed E-state index contributed by atoms with van der Waals surface area (Å²) in [6, 6.07) is 6.49. The second-order valence-electron chi connectivity index (χ2n) is 6.53. The molecule has 0 aromatic heterocycles. The van der Waals surface area contributed by atoms with Crippen LogP contribution in [0.5, 0.6) is 5.75 Å². The Balaban J connectivity index is 2.51. The highest BCUT2D eigenvalue weighted by molar-refractivity contribution is 5.97. The molecule has 1 aromatic carbocycles. The molecule has 6 nitrogen and oxygen atoms in total. The maximum Gasteiger partial charge on any atom is 0.251 e. The fourth-order valence-corrected chi connectivity index (χ4v) is 2.62. The van der Waals surface area contributed by atoms with Crippen LogP contribution in [0, 0.1) is 0 Å². The number of carbonyl (C=O) groups is 2. The van der Waals surface area contributed by atoms with E-state index in [0.717, 1.165) is 18.6 Å². The highest BCUT2D eigenvalue weighted by Crippen LogP contribution is 2.13. The number of amides is 2. The molecule has 0 heterocycles. The molecule has 0 unspecified atom stereocenters. The van der Waals surface area contributed by atoms with Crippen molar-refractivity contribution in [2.75, 3.05) is 26.9 Å². The third-order valence-electron chi connectivity index (χ3n) is 4.19. The minimum atomic E-state index is -0.547. The Kier molecular flexibility index (Phi) is 11.9. The molecular weight excluding hydrogens is 344 g/mol. The molecule has 0 aliphatic rings. The molecule has 0 radical (unpaired) electrons. The van der Waals surface area contributed by atoms with Gasteiger partial charge in [0.2, 0.25) is 5.91 Å². The van der Waals surface area contributed by atoms with Crippen molar-refractivity contribution in [3.05, 3.63) is 29.8 Å². The van der Waals surface area contributed by atoms with Crippen LogP contribution >= 0.6 is 0 Å². The molecule has 1 rings (SSSR count). The number of nitrogens with one attached hydrogen (secondary N) is 2. The van der Waals surface area contributed by atoms with Gasteiger partial charge in [0.1, 0.15) is 11.8 Å². The standard InChI is InChI=1S/C21H34N2O4/c1-4-6-7-8-15-27-18-12-10-17(11-13-18)20(24)23-19(9-5-2)21(25)22-14-16-26-3/h10-13,19H,4-9,14-16H2,1-3H3,(H,22,25)(H,23,24)/t19-/m0/s1. The quantitative estimate of drug-likeness (QED) is 0.487. The van der Waals surface area contributed by atoms with Crippen LogP contribution in [0.25, 0.3) is 0 Å². The van der Waals surface area contributed by atoms with Crippen molar-refractivity contribution in [1.82, 2.24) is 10.6 Å². The lowest BCUT2D eigenvalue weighted by atomic mass is 10.1. The number of methoxy groups -OCH3 is 1. The van der Waals surface area contributed by atoms with E-state index in [-0.39, 0.29) is 11.8 Å². The second-order valence-corrected chi connectivity index (χ2v) is 6.53. The van der Waals surface area contributed by atoms with Crippen molar-refractivity contribution < 1.29 is 19.1 Å². The van der Waals surface area contributed by atoms with Crippen molar-refractivity contribution >= 4 is 11.8 Å². The Morgan fingerprint density at radius 1 is 1.00 bits per heavy atom. The summed E-state index contributed by atoms with van der Waals surface area (Å²) in [5.74, 6) is 0.310. The van der Waals surface area contributed by atoms with Gasteiger partial charge in [0, 0.05) is 19.2 Å². The van der Waals surface area contributed by atoms with Crippen molar-refractivity contribution in [1.29, 1.82) is 0 Å². The van der Waals surface area contributed by atoms with Crippen LogP contribution in [0.1, 0.15) is 62.7 Å². The molecule has 1 atom stereocenters. The van der Waals surface area contributed by atoms with Gasteiger partial charge >= 0.3 is 0 Å². The summed E-state index contributed by atoms with van der Waals surface area (Å²) in [6.07, 6.45) is 6.01. The van der Waals surface area contributed by atoms with Gasteiger partial charge in [-0.1, -0.05) is 39.5 Å². The molecule has 6 heteroatoms. The zero-order chi connectivity index (χ0) is 19.9. The zero-order valence-electron chi connectivity index (χ0n) is 16.9. The first kappa shape index (κ1) is 23.0. The monoisotopic (exact) mass is 378 g/mol. The predicted molar refractivity (Wildman–Crippen MR) is 107 cm³/mol. The van der Waals surface area contributed by atoms with Crippen LogP contribution in [0.4, 0.5) is 0 Å². The third kappa shape index (κ3) is 9.43. The third-order valence-corrected chi connectivity index (χ3v) is 4.19. The van der Waals surface area contributed by atoms with Crippen molar-refractivity contribution in [2.45, 2.75) is 58.4 Å². The lowest BCUT2D eigenvalue weighted by Gasteiger charge is -2.18. The number of unbranched alkanes of at least 4 members (excludes halogenated alkanes) is 3. The number of benzene rings is 1. The molecule has 0 bridgehead atoms. The van der Waals surface area contributed by atoms with Crippen LogP contribution in [-0.4, -0.2) is 44.7 Å². The topological polar surface area (TPSA) is 76.7 Å². The van der Waals surface area contributed by atoms with Crippen LogP contribution < -0.4 is 15.4 Å². The molecule has 0 saturated heterocycles. The molecule has 2 N–H and O–H groups in total. The Labute approximate surface area is 163 Å². The molecule has 1 aromatic rings. The first-order valence-corrected chi connectivity index (χ1v) is 9.92. The van der Waals surface area contributed by atoms with Crippen molar-refractivity contribution in [3.63, 3.8) is 0 Å². The molecule has 0 spiro atoms. The van der Waals surface area contributed by atoms with E-state index >= 15 is 0 Å². The SMILES string of the molecule is CCCCCCOc1ccc(C(=O)N[C@@H](CCC)C(=O)NCCOC)cc1. The summed E-state index contributed by atoms with van der Waals surface area (Å²) in [6.45, 7) is 5.72. The van der Waals surface area contributed by atoms with Crippen LogP contribution in [-0.2, 0) is 9.53 Å². The number of hydrogen-bond acceptors (Lipinski definition) is 4. The minimum absolute atomic E-state index is 0.186. The van der Waals surface area contributed by atoms with Crippen molar-refractivity contribution in [2.24, 2.45) is 0 Å². The Bertz CT molecular complexity index is 546. The Hall–Kier alpha value is -2.08. The van der Waals surface area contributed by atoms with E-state index in [0.29, 0.717) is 31.7 Å². The van der Waals surface area contributed by atoms with E-state index in [9.17, 15) is 9.59 Å². The molecule has 0 aliphatic carbocycles. The van der Waals surface area contributed by atoms with E-state index in [1.165, 1.54) is 19.3 Å². The van der Waals surface area contributed by atoms with Gasteiger partial charge in [-0.3, -0.25) is 9.59 Å². The van der Waals surface area contributed by atoms with Gasteiger partial charge in [-0.25, -0.2) is 0 Å². The van der Waals surface area contributed by atoms with Gasteiger partial charge < -0.3 is 20.1 Å². The van der Waals surface area contributed by atoms with Crippen LogP contribution in [0.15, 0.2) is 24.3 Å². The van der Waals surface area contributed by atoms with E-state index < -0.39 is 6.04 Å². The highest BCUT2D eigenvalue weighted by atomic mass is 16.5. The molecule has 0 fully saturated rings. The Morgan fingerprint density at radius 3 is 2.37 bits per heavy atom. The molecule has 27 heavy (non-hydrogen) atoms. The largest absolute Gasteiger partial charge is 0.494 e. The molecule has 0 aliphatic heterocycles. The number of rotatable bonds is 14. The van der Waals surface area contributed by atoms with E-state index in [1.54, 1.807) is 31.4 Å². The number of carbonyl (C=O) groups excluding carboxylic acids is 2. The highest BCUT2D eigenvalue weighted by Gasteiger charge is 2.20. The fraction of sp³-hybridized carbons (Fsp3) is 0.619. The zero-order valence-corrected chi connectivity index (χ0v) is 16.9. The van der Waals surface area contributed by atoms with E-state index in [1.807, 2.05) is 6.92 Å². The normalized spacial score (nSPS) is 11.7. The van der Waals surface area contributed by atoms with Gasteiger partial charge in [-0.2, -0.15) is 0 Å². The Morgan fingerprint density at radius 2 is 1.74 bits per heavy atom. The average molecular weight is 379 g/mol. The second kappa shape index (κ2) is 14.0. The summed E-state index contributed by atoms with van der Waals surface area (Å²) in [7, 11) is 1.58. The number of ether oxygens (including phenoxy) is 2. The van der Waals surface area contributed by atoms with E-state index in [4.69, 9.17) is 9.47 Å². The van der Waals surface area contributed by atoms with Gasteiger partial charge in [0.25, 0.3) is 5.91 Å². The first-order chi connectivity index (χ1) is 13.1. The summed E-state index contributed by atoms with van der Waals surface area (Å²) >= 11 is 0. The summed E-state index contributed by atoms with van der Waals surface area (Å²) in [5.41, 5.74) is 0.513. The maximum absolute atomic E-state index is 12.5. The van der Waals surface area contributed by atoms with Gasteiger partial charge in [0.05, 0.1) is 13.2 Å². The van der Waals surface area contributed by atoms with E-state index in [2.05, 4.69) is 17.6 Å². The fourth-order valence-electron chi connectivity index (χ4n) is 2.62. The summed E-state index contributed by atoms with van der Waals surface area (Å²) < 4.78 is 10.6. The minimum Gasteiger partial charge on any atom is -0.494 e. The van der Waals surface area contributed by atoms with Gasteiger partial charge in [-0.15, -0.1) is 0 Å². The molecule has 152 valence electrons. The number of hydrogen-bond donors (Lipinski definition) is 2. The molecule has 0 saturated carbocycles. The van der Waals surface area contributed by atoms with Gasteiger partial charge in [-0.05, 0) is 37.1 Å². The molecular formula is C21H34N2O4. The van der Waals surface area contributed by atoms with Crippen LogP contribution in [0.3, 0.4) is 0 Å². The summed E-state index contributed by atoms with van der Waals surface area (Å²) in [4.78, 5) is 24.7. The van der Waals surface area contributed by atoms with Crippen LogP contribution in [0.2, 0.25) is 0 Å². The lowest BCUT2D eigenvalue weighted by Crippen LogP contribution is -2.47. The first-order valence-electron chi connectivity index (χ1n) is 9.92.